The molecule has 1 amide bonds. The minimum atomic E-state index is 0.0212. The number of rotatable bonds is 4. The maximum absolute atomic E-state index is 13.0. The molecule has 1 unspecified atom stereocenters. The molecule has 1 aromatic carbocycles. The highest BCUT2D eigenvalue weighted by Crippen LogP contribution is 2.25. The van der Waals surface area contributed by atoms with Crippen molar-refractivity contribution >= 4 is 16.8 Å². The number of methoxy groups -OCH3 is 1. The Balaban J connectivity index is 1.43. The molecule has 28 heavy (non-hydrogen) atoms. The molecular weight excluding hydrogens is 352 g/mol. The third kappa shape index (κ3) is 3.89. The molecule has 2 fully saturated rings. The lowest BCUT2D eigenvalue weighted by molar-refractivity contribution is 0.0761. The van der Waals surface area contributed by atoms with Crippen LogP contribution in [0.4, 0.5) is 0 Å². The van der Waals surface area contributed by atoms with Crippen LogP contribution in [0.25, 0.3) is 10.9 Å². The minimum Gasteiger partial charge on any atom is -0.497 e. The second-order valence-electron chi connectivity index (χ2n) is 8.36. The standard InChI is InChI=1S/C22H32N4O2/c1-24-11-8-18(9-12-24)26-10-4-5-17(15-26)23-22(27)21-14-16-13-19(28-3)6-7-20(16)25(21)2/h6-7,13-14,17-18H,4-5,8-12,15H2,1-3H3,(H,23,27). The molecule has 0 spiro atoms. The smallest absolute Gasteiger partial charge is 0.268 e. The molecule has 0 aliphatic carbocycles. The van der Waals surface area contributed by atoms with Gasteiger partial charge in [0, 0.05) is 36.6 Å². The molecule has 3 heterocycles. The minimum absolute atomic E-state index is 0.0212. The van der Waals surface area contributed by atoms with Gasteiger partial charge < -0.3 is 19.5 Å². The number of nitrogens with one attached hydrogen (secondary N) is 1. The first kappa shape index (κ1) is 19.3. The van der Waals surface area contributed by atoms with Gasteiger partial charge in [0.05, 0.1) is 7.11 Å². The molecule has 0 saturated carbocycles. The van der Waals surface area contributed by atoms with E-state index in [0.29, 0.717) is 11.7 Å². The van der Waals surface area contributed by atoms with Crippen molar-refractivity contribution in [3.05, 3.63) is 30.0 Å². The first-order valence-electron chi connectivity index (χ1n) is 10.4. The maximum Gasteiger partial charge on any atom is 0.268 e. The number of aryl methyl sites for hydroxylation is 1. The summed E-state index contributed by atoms with van der Waals surface area (Å²) >= 11 is 0. The molecule has 2 aromatic rings. The van der Waals surface area contributed by atoms with Crippen molar-refractivity contribution in [2.75, 3.05) is 40.3 Å². The summed E-state index contributed by atoms with van der Waals surface area (Å²) < 4.78 is 7.28. The van der Waals surface area contributed by atoms with Gasteiger partial charge in [-0.05, 0) is 76.6 Å². The van der Waals surface area contributed by atoms with E-state index in [4.69, 9.17) is 4.74 Å². The molecule has 2 aliphatic heterocycles. The third-order valence-electron chi connectivity index (χ3n) is 6.47. The average Bonchev–Trinajstić information content (AvgIpc) is 3.04. The van der Waals surface area contributed by atoms with Crippen molar-refractivity contribution in [3.8, 4) is 5.75 Å². The predicted octanol–water partition coefficient (Wildman–Crippen LogP) is 2.48. The Morgan fingerprint density at radius 2 is 1.89 bits per heavy atom. The van der Waals surface area contributed by atoms with Gasteiger partial charge in [0.1, 0.15) is 11.4 Å². The topological polar surface area (TPSA) is 49.7 Å². The summed E-state index contributed by atoms with van der Waals surface area (Å²) in [7, 11) is 5.82. The molecular formula is C22H32N4O2. The molecule has 4 rings (SSSR count). The van der Waals surface area contributed by atoms with E-state index >= 15 is 0 Å². The first-order valence-corrected chi connectivity index (χ1v) is 10.4. The number of nitrogens with zero attached hydrogens (tertiary/aromatic N) is 3. The molecule has 6 nitrogen and oxygen atoms in total. The highest BCUT2D eigenvalue weighted by atomic mass is 16.5. The van der Waals surface area contributed by atoms with Crippen molar-refractivity contribution in [1.82, 2.24) is 19.7 Å². The molecule has 1 aromatic heterocycles. The molecule has 6 heteroatoms. The largest absolute Gasteiger partial charge is 0.497 e. The molecule has 152 valence electrons. The van der Waals surface area contributed by atoms with Crippen LogP contribution < -0.4 is 10.1 Å². The van der Waals surface area contributed by atoms with Gasteiger partial charge in [0.25, 0.3) is 5.91 Å². The van der Waals surface area contributed by atoms with Gasteiger partial charge in [-0.25, -0.2) is 0 Å². The van der Waals surface area contributed by atoms with Crippen LogP contribution in [-0.2, 0) is 7.05 Å². The Morgan fingerprint density at radius 1 is 1.11 bits per heavy atom. The van der Waals surface area contributed by atoms with Gasteiger partial charge in [-0.15, -0.1) is 0 Å². The fourth-order valence-electron chi connectivity index (χ4n) is 4.75. The third-order valence-corrected chi connectivity index (χ3v) is 6.47. The molecule has 0 bridgehead atoms. The molecule has 1 atom stereocenters. The lowest BCUT2D eigenvalue weighted by atomic mass is 9.98. The summed E-state index contributed by atoms with van der Waals surface area (Å²) in [6.45, 7) is 4.49. The Labute approximate surface area is 167 Å². The Morgan fingerprint density at radius 3 is 2.64 bits per heavy atom. The fourth-order valence-corrected chi connectivity index (χ4v) is 4.75. The van der Waals surface area contributed by atoms with Crippen molar-refractivity contribution < 1.29 is 9.53 Å². The molecule has 2 aliphatic rings. The molecule has 0 radical (unpaired) electrons. The van der Waals surface area contributed by atoms with Crippen LogP contribution >= 0.6 is 0 Å². The summed E-state index contributed by atoms with van der Waals surface area (Å²) in [5.74, 6) is 0.832. The lowest BCUT2D eigenvalue weighted by Gasteiger charge is -2.41. The van der Waals surface area contributed by atoms with E-state index in [-0.39, 0.29) is 11.9 Å². The summed E-state index contributed by atoms with van der Waals surface area (Å²) in [4.78, 5) is 18.0. The van der Waals surface area contributed by atoms with Gasteiger partial charge >= 0.3 is 0 Å². The average molecular weight is 385 g/mol. The van der Waals surface area contributed by atoms with E-state index < -0.39 is 0 Å². The number of likely N-dealkylation sites (tertiary alicyclic amines) is 2. The van der Waals surface area contributed by atoms with Crippen molar-refractivity contribution in [3.63, 3.8) is 0 Å². The van der Waals surface area contributed by atoms with Gasteiger partial charge in [-0.3, -0.25) is 9.69 Å². The normalized spacial score (nSPS) is 22.5. The number of hydrogen-bond donors (Lipinski definition) is 1. The van der Waals surface area contributed by atoms with E-state index in [1.165, 1.54) is 25.9 Å². The zero-order valence-electron chi connectivity index (χ0n) is 17.3. The number of aromatic nitrogens is 1. The predicted molar refractivity (Wildman–Crippen MR) is 112 cm³/mol. The SMILES string of the molecule is COc1ccc2c(c1)cc(C(=O)NC1CCCN(C3CCN(C)CC3)C1)n2C. The number of carbonyl (C=O) groups excluding carboxylic acids is 1. The van der Waals surface area contributed by atoms with Crippen LogP contribution in [0.15, 0.2) is 24.3 Å². The summed E-state index contributed by atoms with van der Waals surface area (Å²) in [5.41, 5.74) is 1.75. The molecule has 1 N–H and O–H groups in total. The number of piperidine rings is 2. The van der Waals surface area contributed by atoms with E-state index in [9.17, 15) is 4.79 Å². The second kappa shape index (κ2) is 8.13. The fraction of sp³-hybridized carbons (Fsp3) is 0.591. The Bertz CT molecular complexity index is 838. The van der Waals surface area contributed by atoms with Crippen LogP contribution in [0.1, 0.15) is 36.2 Å². The highest BCUT2D eigenvalue weighted by molar-refractivity contribution is 5.99. The number of ether oxygens (including phenoxy) is 1. The highest BCUT2D eigenvalue weighted by Gasteiger charge is 2.29. The summed E-state index contributed by atoms with van der Waals surface area (Å²) in [6.07, 6.45) is 4.70. The number of carbonyl (C=O) groups is 1. The number of amides is 1. The maximum atomic E-state index is 13.0. The second-order valence-corrected chi connectivity index (χ2v) is 8.36. The van der Waals surface area contributed by atoms with E-state index in [1.54, 1.807) is 7.11 Å². The molecule has 2 saturated heterocycles. The summed E-state index contributed by atoms with van der Waals surface area (Å²) in [5, 5.41) is 4.33. The number of benzene rings is 1. The van der Waals surface area contributed by atoms with Crippen LogP contribution in [0, 0.1) is 0 Å². The van der Waals surface area contributed by atoms with Crippen LogP contribution in [-0.4, -0.2) is 72.7 Å². The van der Waals surface area contributed by atoms with E-state index in [2.05, 4.69) is 22.2 Å². The van der Waals surface area contributed by atoms with E-state index in [0.717, 1.165) is 42.6 Å². The van der Waals surface area contributed by atoms with Gasteiger partial charge in [-0.2, -0.15) is 0 Å². The quantitative estimate of drug-likeness (QED) is 0.880. The van der Waals surface area contributed by atoms with Crippen molar-refractivity contribution in [2.24, 2.45) is 7.05 Å². The Kier molecular flexibility index (Phi) is 5.60. The van der Waals surface area contributed by atoms with Crippen LogP contribution in [0.5, 0.6) is 5.75 Å². The van der Waals surface area contributed by atoms with Crippen LogP contribution in [0.2, 0.25) is 0 Å². The number of fused-ring (bicyclic) bond motifs is 1. The van der Waals surface area contributed by atoms with Crippen molar-refractivity contribution in [2.45, 2.75) is 37.8 Å². The lowest BCUT2D eigenvalue weighted by Crippen LogP contribution is -2.53. The number of hydrogen-bond acceptors (Lipinski definition) is 4. The zero-order valence-corrected chi connectivity index (χ0v) is 17.3. The Hall–Kier alpha value is -2.05. The van der Waals surface area contributed by atoms with Gasteiger partial charge in [0.2, 0.25) is 0 Å². The van der Waals surface area contributed by atoms with Gasteiger partial charge in [-0.1, -0.05) is 0 Å². The first-order chi connectivity index (χ1) is 13.5. The summed E-state index contributed by atoms with van der Waals surface area (Å²) in [6, 6.07) is 8.78. The van der Waals surface area contributed by atoms with Crippen molar-refractivity contribution in [1.29, 1.82) is 0 Å². The monoisotopic (exact) mass is 384 g/mol. The van der Waals surface area contributed by atoms with Crippen LogP contribution in [0.3, 0.4) is 0 Å². The van der Waals surface area contributed by atoms with E-state index in [1.807, 2.05) is 35.9 Å². The zero-order chi connectivity index (χ0) is 19.7. The van der Waals surface area contributed by atoms with Gasteiger partial charge in [0.15, 0.2) is 0 Å².